The minimum atomic E-state index is -0.524. The van der Waals surface area contributed by atoms with E-state index < -0.39 is 11.7 Å². The van der Waals surface area contributed by atoms with E-state index in [1.54, 1.807) is 36.4 Å². The zero-order chi connectivity index (χ0) is 26.9. The molecule has 3 unspecified atom stereocenters. The first-order valence-electron chi connectivity index (χ1n) is 13.0. The fourth-order valence-electron chi connectivity index (χ4n) is 5.33. The molecule has 2 fully saturated rings. The van der Waals surface area contributed by atoms with Crippen LogP contribution < -0.4 is 16.0 Å². The van der Waals surface area contributed by atoms with Gasteiger partial charge in [0.2, 0.25) is 12.3 Å². The molecule has 200 valence electrons. The van der Waals surface area contributed by atoms with Crippen molar-refractivity contribution in [2.75, 3.05) is 11.9 Å². The first-order chi connectivity index (χ1) is 18.5. The molecule has 8 heteroatoms. The predicted molar refractivity (Wildman–Crippen MR) is 151 cm³/mol. The van der Waals surface area contributed by atoms with Crippen LogP contribution in [0.4, 0.5) is 10.1 Å². The molecule has 1 aliphatic carbocycles. The Labute approximate surface area is 233 Å². The highest BCUT2D eigenvalue weighted by Crippen LogP contribution is 2.42. The average Bonchev–Trinajstić information content (AvgIpc) is 3.37. The van der Waals surface area contributed by atoms with Crippen LogP contribution in [0.1, 0.15) is 55.2 Å². The molecule has 0 bridgehead atoms. The van der Waals surface area contributed by atoms with Gasteiger partial charge in [-0.25, -0.2) is 4.39 Å². The van der Waals surface area contributed by atoms with Crippen molar-refractivity contribution in [3.63, 3.8) is 0 Å². The Hall–Kier alpha value is -2.93. The maximum Gasteiger partial charge on any atom is 0.230 e. The van der Waals surface area contributed by atoms with Crippen LogP contribution in [-0.4, -0.2) is 24.9 Å². The van der Waals surface area contributed by atoms with E-state index in [4.69, 9.17) is 23.2 Å². The Morgan fingerprint density at radius 1 is 0.947 bits per heavy atom. The average molecular weight is 557 g/mol. The largest absolute Gasteiger partial charge is 0.356 e. The van der Waals surface area contributed by atoms with Crippen LogP contribution in [0.5, 0.6) is 0 Å². The van der Waals surface area contributed by atoms with E-state index in [1.807, 2.05) is 30.3 Å². The molecule has 0 spiro atoms. The minimum Gasteiger partial charge on any atom is -0.356 e. The summed E-state index contributed by atoms with van der Waals surface area (Å²) in [5.74, 6) is -1.56. The van der Waals surface area contributed by atoms with Crippen LogP contribution in [0.2, 0.25) is 10.0 Å². The number of anilines is 1. The number of hydrogen-bond acceptors (Lipinski definition) is 3. The van der Waals surface area contributed by atoms with Crippen LogP contribution in [-0.2, 0) is 9.59 Å². The molecular weight excluding hydrogens is 524 g/mol. The van der Waals surface area contributed by atoms with Gasteiger partial charge in [-0.05, 0) is 48.2 Å². The van der Waals surface area contributed by atoms with E-state index >= 15 is 0 Å². The molecule has 5 rings (SSSR count). The van der Waals surface area contributed by atoms with E-state index in [9.17, 15) is 14.0 Å². The Balaban J connectivity index is 0.000000317. The maximum absolute atomic E-state index is 14.8. The number of hydrogen-bond donors (Lipinski definition) is 3. The lowest BCUT2D eigenvalue weighted by atomic mass is 9.82. The number of nitrogens with one attached hydrogen (secondary N) is 3. The quantitative estimate of drug-likeness (QED) is 0.290. The lowest BCUT2D eigenvalue weighted by molar-refractivity contribution is -0.120. The third kappa shape index (κ3) is 7.13. The minimum absolute atomic E-state index is 0.0552. The van der Waals surface area contributed by atoms with Crippen molar-refractivity contribution in [1.82, 2.24) is 10.6 Å². The van der Waals surface area contributed by atoms with Crippen molar-refractivity contribution >= 4 is 41.2 Å². The van der Waals surface area contributed by atoms with Crippen molar-refractivity contribution in [2.45, 2.75) is 50.1 Å². The van der Waals surface area contributed by atoms with Gasteiger partial charge in [0.25, 0.3) is 0 Å². The number of rotatable bonds is 6. The Kier molecular flexibility index (Phi) is 10.2. The number of carbonyl (C=O) groups is 2. The SMILES string of the molecule is O=C(Nc1cccc(Cl)c1)C1C(c2cccc(Cl)c2F)CNC1c1ccccc1.O=CNC1CCCCC1. The highest BCUT2D eigenvalue weighted by Gasteiger charge is 2.43. The Morgan fingerprint density at radius 2 is 1.68 bits per heavy atom. The van der Waals surface area contributed by atoms with Crippen LogP contribution in [0.15, 0.2) is 72.8 Å². The van der Waals surface area contributed by atoms with E-state index in [2.05, 4.69) is 16.0 Å². The van der Waals surface area contributed by atoms with Crippen molar-refractivity contribution in [3.8, 4) is 0 Å². The normalized spacial score (nSPS) is 21.2. The Morgan fingerprint density at radius 3 is 2.39 bits per heavy atom. The summed E-state index contributed by atoms with van der Waals surface area (Å²) in [4.78, 5) is 23.3. The van der Waals surface area contributed by atoms with Crippen LogP contribution in [0.25, 0.3) is 0 Å². The molecule has 1 saturated carbocycles. The molecule has 38 heavy (non-hydrogen) atoms. The second-order valence-electron chi connectivity index (χ2n) is 9.69. The summed E-state index contributed by atoms with van der Waals surface area (Å²) < 4.78 is 14.8. The van der Waals surface area contributed by atoms with Gasteiger partial charge in [-0.1, -0.05) is 91.0 Å². The second kappa shape index (κ2) is 13.7. The monoisotopic (exact) mass is 555 g/mol. The van der Waals surface area contributed by atoms with Gasteiger partial charge in [0.05, 0.1) is 10.9 Å². The van der Waals surface area contributed by atoms with Gasteiger partial charge in [0.1, 0.15) is 5.82 Å². The van der Waals surface area contributed by atoms with E-state index in [-0.39, 0.29) is 22.9 Å². The number of amides is 2. The van der Waals surface area contributed by atoms with Gasteiger partial charge in [0.15, 0.2) is 0 Å². The topological polar surface area (TPSA) is 70.2 Å². The second-order valence-corrected chi connectivity index (χ2v) is 10.5. The fraction of sp³-hybridized carbons (Fsp3) is 0.333. The van der Waals surface area contributed by atoms with Crippen LogP contribution in [0.3, 0.4) is 0 Å². The van der Waals surface area contributed by atoms with Gasteiger partial charge in [-0.2, -0.15) is 0 Å². The summed E-state index contributed by atoms with van der Waals surface area (Å²) in [6.07, 6.45) is 7.08. The molecule has 5 nitrogen and oxygen atoms in total. The zero-order valence-electron chi connectivity index (χ0n) is 21.0. The molecule has 3 aromatic carbocycles. The van der Waals surface area contributed by atoms with Crippen molar-refractivity contribution < 1.29 is 14.0 Å². The van der Waals surface area contributed by atoms with Crippen LogP contribution in [0, 0.1) is 11.7 Å². The molecule has 3 N–H and O–H groups in total. The third-order valence-corrected chi connectivity index (χ3v) is 7.72. The predicted octanol–water partition coefficient (Wildman–Crippen LogP) is 6.88. The highest BCUT2D eigenvalue weighted by atomic mass is 35.5. The van der Waals surface area contributed by atoms with Crippen molar-refractivity contribution in [2.24, 2.45) is 5.92 Å². The van der Waals surface area contributed by atoms with Crippen molar-refractivity contribution in [1.29, 1.82) is 0 Å². The highest BCUT2D eigenvalue weighted by molar-refractivity contribution is 6.31. The number of halogens is 3. The van der Waals surface area contributed by atoms with E-state index in [0.717, 1.165) is 12.0 Å². The van der Waals surface area contributed by atoms with Crippen molar-refractivity contribution in [3.05, 3.63) is 99.8 Å². The van der Waals surface area contributed by atoms with Crippen LogP contribution >= 0.6 is 23.2 Å². The molecule has 0 aromatic heterocycles. The summed E-state index contributed by atoms with van der Waals surface area (Å²) >= 11 is 12.1. The molecule has 1 saturated heterocycles. The zero-order valence-corrected chi connectivity index (χ0v) is 22.5. The van der Waals surface area contributed by atoms with Gasteiger partial charge in [0, 0.05) is 35.3 Å². The smallest absolute Gasteiger partial charge is 0.230 e. The number of carbonyl (C=O) groups excluding carboxylic acids is 2. The van der Waals surface area contributed by atoms with Gasteiger partial charge >= 0.3 is 0 Å². The molecule has 1 aliphatic heterocycles. The molecule has 1 heterocycles. The maximum atomic E-state index is 14.8. The molecule has 2 aliphatic rings. The van der Waals surface area contributed by atoms with Gasteiger partial charge in [-0.3, -0.25) is 9.59 Å². The summed E-state index contributed by atoms with van der Waals surface area (Å²) in [5, 5.41) is 9.73. The first-order valence-corrected chi connectivity index (χ1v) is 13.7. The van der Waals surface area contributed by atoms with Gasteiger partial charge in [-0.15, -0.1) is 0 Å². The van der Waals surface area contributed by atoms with E-state index in [1.165, 1.54) is 38.2 Å². The third-order valence-electron chi connectivity index (χ3n) is 7.19. The standard InChI is InChI=1S/C23H19Cl2FN2O.C7H13NO/c24-15-8-4-9-16(12-15)28-23(29)20-18(17-10-5-11-19(25)21(17)26)13-27-22(20)14-6-2-1-3-7-14;9-6-8-7-4-2-1-3-5-7/h1-12,18,20,22,27H,13H2,(H,28,29);6-7H,1-5H2,(H,8,9). The molecule has 3 aromatic rings. The first kappa shape index (κ1) is 28.1. The fourth-order valence-corrected chi connectivity index (χ4v) is 5.70. The molecular formula is C30H32Cl2FN3O2. The molecule has 3 atom stereocenters. The Bertz CT molecular complexity index is 1220. The molecule has 0 radical (unpaired) electrons. The summed E-state index contributed by atoms with van der Waals surface area (Å²) in [6.45, 7) is 0.463. The molecule has 2 amide bonds. The van der Waals surface area contributed by atoms with E-state index in [0.29, 0.717) is 28.9 Å². The number of benzene rings is 3. The summed E-state index contributed by atoms with van der Waals surface area (Å²) in [7, 11) is 0. The summed E-state index contributed by atoms with van der Waals surface area (Å²) in [5.41, 5.74) is 2.02. The summed E-state index contributed by atoms with van der Waals surface area (Å²) in [6, 6.07) is 21.8. The van der Waals surface area contributed by atoms with Gasteiger partial charge < -0.3 is 16.0 Å². The lowest BCUT2D eigenvalue weighted by Gasteiger charge is -2.24. The lowest BCUT2D eigenvalue weighted by Crippen LogP contribution is -2.31.